The molecule has 0 aliphatic carbocycles. The van der Waals surface area contributed by atoms with Gasteiger partial charge in [0.05, 0.1) is 30.9 Å². The maximum absolute atomic E-state index is 14.7. The first-order valence-electron chi connectivity index (χ1n) is 11.1. The summed E-state index contributed by atoms with van der Waals surface area (Å²) in [6.07, 6.45) is 1.53. The number of amides is 1. The number of para-hydroxylation sites is 1. The van der Waals surface area contributed by atoms with E-state index >= 15 is 0 Å². The molecule has 5 rings (SSSR count). The standard InChI is InChI=1S/C23H23FN6O3S2/c24-16-4-1-2-5-18(16)30-21(19-6-3-11-33-19)27-28-23(30)35-15-20-26-17(14-34-20)22(31)25-7-8-29-9-12-32-13-10-29/h1-6,11,14H,7-10,12-13,15H2,(H,25,31). The number of aromatic nitrogens is 4. The van der Waals surface area contributed by atoms with E-state index in [0.29, 0.717) is 40.4 Å². The normalized spacial score (nSPS) is 14.3. The van der Waals surface area contributed by atoms with Gasteiger partial charge in [0, 0.05) is 31.6 Å². The Morgan fingerprint density at radius 1 is 1.17 bits per heavy atom. The quantitative estimate of drug-likeness (QED) is 0.339. The molecule has 0 spiro atoms. The van der Waals surface area contributed by atoms with E-state index in [0.717, 1.165) is 37.9 Å². The van der Waals surface area contributed by atoms with Crippen LogP contribution < -0.4 is 5.32 Å². The molecule has 1 N–H and O–H groups in total. The monoisotopic (exact) mass is 514 g/mol. The van der Waals surface area contributed by atoms with E-state index in [4.69, 9.17) is 9.15 Å². The van der Waals surface area contributed by atoms with Crippen molar-refractivity contribution in [2.75, 3.05) is 39.4 Å². The molecule has 35 heavy (non-hydrogen) atoms. The summed E-state index contributed by atoms with van der Waals surface area (Å²) in [4.78, 5) is 19.2. The van der Waals surface area contributed by atoms with E-state index in [-0.39, 0.29) is 5.91 Å². The highest BCUT2D eigenvalue weighted by Gasteiger charge is 2.21. The maximum Gasteiger partial charge on any atom is 0.270 e. The van der Waals surface area contributed by atoms with Gasteiger partial charge in [-0.2, -0.15) is 0 Å². The summed E-state index contributed by atoms with van der Waals surface area (Å²) in [5.41, 5.74) is 0.713. The zero-order chi connectivity index (χ0) is 24.0. The number of halogens is 1. The Hall–Kier alpha value is -3.06. The SMILES string of the molecule is O=C(NCCN1CCOCC1)c1csc(CSc2nnc(-c3ccco3)n2-c2ccccc2F)n1. The molecule has 1 saturated heterocycles. The third-order valence-corrected chi connectivity index (χ3v) is 7.37. The highest BCUT2D eigenvalue weighted by molar-refractivity contribution is 7.98. The molecule has 0 radical (unpaired) electrons. The van der Waals surface area contributed by atoms with Gasteiger partial charge < -0.3 is 14.5 Å². The van der Waals surface area contributed by atoms with Gasteiger partial charge in [-0.15, -0.1) is 21.5 Å². The molecular weight excluding hydrogens is 491 g/mol. The predicted molar refractivity (Wildman–Crippen MR) is 130 cm³/mol. The van der Waals surface area contributed by atoms with Crippen molar-refractivity contribution in [1.29, 1.82) is 0 Å². The van der Waals surface area contributed by atoms with Crippen molar-refractivity contribution in [3.63, 3.8) is 0 Å². The number of hydrogen-bond acceptors (Lipinski definition) is 9. The fourth-order valence-electron chi connectivity index (χ4n) is 3.63. The van der Waals surface area contributed by atoms with E-state index in [9.17, 15) is 9.18 Å². The summed E-state index contributed by atoms with van der Waals surface area (Å²) in [6, 6.07) is 9.93. The van der Waals surface area contributed by atoms with Gasteiger partial charge in [-0.1, -0.05) is 23.9 Å². The topological polar surface area (TPSA) is 98.3 Å². The number of rotatable bonds is 9. The molecule has 182 valence electrons. The van der Waals surface area contributed by atoms with Crippen LogP contribution in [0.25, 0.3) is 17.3 Å². The summed E-state index contributed by atoms with van der Waals surface area (Å²) < 4.78 is 27.1. The van der Waals surface area contributed by atoms with Crippen molar-refractivity contribution >= 4 is 29.0 Å². The van der Waals surface area contributed by atoms with Crippen LogP contribution in [0.4, 0.5) is 4.39 Å². The summed E-state index contributed by atoms with van der Waals surface area (Å²) in [5.74, 6) is 0.754. The average Bonchev–Trinajstić information content (AvgIpc) is 3.64. The Balaban J connectivity index is 1.25. The minimum atomic E-state index is -0.396. The zero-order valence-electron chi connectivity index (χ0n) is 18.7. The third kappa shape index (κ3) is 5.61. The second-order valence-electron chi connectivity index (χ2n) is 7.70. The molecule has 1 fully saturated rings. The Morgan fingerprint density at radius 2 is 2.03 bits per heavy atom. The van der Waals surface area contributed by atoms with Crippen LogP contribution in [0.2, 0.25) is 0 Å². The van der Waals surface area contributed by atoms with Crippen LogP contribution in [0, 0.1) is 5.82 Å². The molecule has 12 heteroatoms. The van der Waals surface area contributed by atoms with E-state index in [1.165, 1.54) is 35.4 Å². The van der Waals surface area contributed by atoms with Crippen molar-refractivity contribution < 1.29 is 18.3 Å². The van der Waals surface area contributed by atoms with Crippen molar-refractivity contribution in [2.24, 2.45) is 0 Å². The van der Waals surface area contributed by atoms with Gasteiger partial charge in [0.2, 0.25) is 5.82 Å². The van der Waals surface area contributed by atoms with Gasteiger partial charge in [-0.05, 0) is 24.3 Å². The van der Waals surface area contributed by atoms with Crippen LogP contribution in [-0.4, -0.2) is 69.9 Å². The molecule has 0 saturated carbocycles. The van der Waals surface area contributed by atoms with Crippen LogP contribution in [0.3, 0.4) is 0 Å². The Bertz CT molecular complexity index is 1270. The van der Waals surface area contributed by atoms with Crippen LogP contribution >= 0.6 is 23.1 Å². The molecule has 0 atom stereocenters. The number of carbonyl (C=O) groups excluding carboxylic acids is 1. The van der Waals surface area contributed by atoms with Crippen LogP contribution in [-0.2, 0) is 10.5 Å². The van der Waals surface area contributed by atoms with E-state index < -0.39 is 5.82 Å². The largest absolute Gasteiger partial charge is 0.461 e. The average molecular weight is 515 g/mol. The second-order valence-corrected chi connectivity index (χ2v) is 9.58. The fourth-order valence-corrected chi connectivity index (χ4v) is 5.37. The molecule has 0 bridgehead atoms. The third-order valence-electron chi connectivity index (χ3n) is 5.39. The molecule has 0 unspecified atom stereocenters. The molecule has 1 aromatic carbocycles. The first-order valence-corrected chi connectivity index (χ1v) is 13.0. The van der Waals surface area contributed by atoms with Gasteiger partial charge in [-0.3, -0.25) is 14.3 Å². The summed E-state index contributed by atoms with van der Waals surface area (Å²) in [6.45, 7) is 4.57. The van der Waals surface area contributed by atoms with Gasteiger partial charge in [0.15, 0.2) is 10.9 Å². The van der Waals surface area contributed by atoms with Gasteiger partial charge in [0.1, 0.15) is 16.5 Å². The molecule has 9 nitrogen and oxygen atoms in total. The smallest absolute Gasteiger partial charge is 0.270 e. The minimum absolute atomic E-state index is 0.194. The number of hydrogen-bond donors (Lipinski definition) is 1. The molecule has 1 amide bonds. The number of nitrogens with zero attached hydrogens (tertiary/aromatic N) is 5. The lowest BCUT2D eigenvalue weighted by molar-refractivity contribution is 0.0383. The molecule has 1 aliphatic rings. The van der Waals surface area contributed by atoms with Gasteiger partial charge in [-0.25, -0.2) is 9.37 Å². The highest BCUT2D eigenvalue weighted by Crippen LogP contribution is 2.31. The molecule has 4 heterocycles. The highest BCUT2D eigenvalue weighted by atomic mass is 32.2. The number of thiazole rings is 1. The van der Waals surface area contributed by atoms with Crippen molar-refractivity contribution in [3.05, 3.63) is 64.6 Å². The first-order chi connectivity index (χ1) is 17.2. The Labute approximate surface area is 209 Å². The summed E-state index contributed by atoms with van der Waals surface area (Å²) in [5, 5.41) is 14.4. The number of carbonyl (C=O) groups is 1. The maximum atomic E-state index is 14.7. The Morgan fingerprint density at radius 3 is 2.83 bits per heavy atom. The van der Waals surface area contributed by atoms with Crippen LogP contribution in [0.1, 0.15) is 15.5 Å². The van der Waals surface area contributed by atoms with Gasteiger partial charge in [0.25, 0.3) is 5.91 Å². The first kappa shape index (κ1) is 23.7. The minimum Gasteiger partial charge on any atom is -0.461 e. The number of nitrogens with one attached hydrogen (secondary N) is 1. The van der Waals surface area contributed by atoms with Crippen LogP contribution in [0.15, 0.2) is 57.6 Å². The second kappa shape index (κ2) is 11.1. The van der Waals surface area contributed by atoms with Crippen molar-refractivity contribution in [1.82, 2.24) is 30.0 Å². The lowest BCUT2D eigenvalue weighted by Gasteiger charge is -2.26. The van der Waals surface area contributed by atoms with E-state index in [1.54, 1.807) is 40.3 Å². The lowest BCUT2D eigenvalue weighted by atomic mass is 10.3. The van der Waals surface area contributed by atoms with Crippen LogP contribution in [0.5, 0.6) is 0 Å². The van der Waals surface area contributed by atoms with Crippen molar-refractivity contribution in [2.45, 2.75) is 10.9 Å². The molecular formula is C23H23FN6O3S2. The fraction of sp³-hybridized carbons (Fsp3) is 0.304. The summed E-state index contributed by atoms with van der Waals surface area (Å²) >= 11 is 2.76. The van der Waals surface area contributed by atoms with E-state index in [2.05, 4.69) is 25.4 Å². The van der Waals surface area contributed by atoms with Crippen molar-refractivity contribution in [3.8, 4) is 17.3 Å². The number of ether oxygens (including phenoxy) is 1. The number of thioether (sulfide) groups is 1. The number of benzene rings is 1. The van der Waals surface area contributed by atoms with Gasteiger partial charge >= 0.3 is 0 Å². The molecule has 4 aromatic rings. The molecule has 1 aliphatic heterocycles. The lowest BCUT2D eigenvalue weighted by Crippen LogP contribution is -2.41. The summed E-state index contributed by atoms with van der Waals surface area (Å²) in [7, 11) is 0. The van der Waals surface area contributed by atoms with E-state index in [1.807, 2.05) is 0 Å². The zero-order valence-corrected chi connectivity index (χ0v) is 20.4. The number of furan rings is 1. The molecule has 3 aromatic heterocycles. The Kier molecular flexibility index (Phi) is 7.52. The number of morpholine rings is 1. The predicted octanol–water partition coefficient (Wildman–Crippen LogP) is 3.48.